The van der Waals surface area contributed by atoms with Crippen LogP contribution in [0.3, 0.4) is 0 Å². The van der Waals surface area contributed by atoms with E-state index in [4.69, 9.17) is 9.72 Å². The zero-order valence-corrected chi connectivity index (χ0v) is 18.3. The molecule has 4 heterocycles. The smallest absolute Gasteiger partial charge is 0.164 e. The van der Waals surface area contributed by atoms with Gasteiger partial charge in [-0.05, 0) is 34.8 Å². The van der Waals surface area contributed by atoms with E-state index in [1.54, 1.807) is 4.68 Å². The van der Waals surface area contributed by atoms with Gasteiger partial charge < -0.3 is 14.2 Å². The van der Waals surface area contributed by atoms with Crippen LogP contribution in [-0.4, -0.2) is 50.6 Å². The number of hydrogen-bond acceptors (Lipinski definition) is 6. The van der Waals surface area contributed by atoms with Crippen LogP contribution in [0.25, 0.3) is 17.0 Å². The van der Waals surface area contributed by atoms with E-state index >= 15 is 0 Å². The molecule has 9 heteroatoms. The Morgan fingerprint density at radius 2 is 2.03 bits per heavy atom. The standard InChI is InChI=1S/C18H18BrN7O.C2H6/c19-14-1-4-26(23-14)15-9-13(24-5-7-27-8-6-24)16-17(22-15)25(12-21-16)11-18(10-20)2-3-18;1-2/h1,4,9,12H,2-3,5-8,11H2;1-2H3. The maximum absolute atomic E-state index is 9.48. The first kappa shape index (κ1) is 19.9. The van der Waals surface area contributed by atoms with Crippen LogP contribution in [-0.2, 0) is 11.3 Å². The molecular formula is C20H24BrN7O. The Morgan fingerprint density at radius 1 is 1.28 bits per heavy atom. The summed E-state index contributed by atoms with van der Waals surface area (Å²) in [6, 6.07) is 6.37. The van der Waals surface area contributed by atoms with Gasteiger partial charge in [0, 0.05) is 31.9 Å². The van der Waals surface area contributed by atoms with Gasteiger partial charge in [-0.25, -0.2) is 14.6 Å². The second kappa shape index (κ2) is 8.13. The first-order valence-corrected chi connectivity index (χ1v) is 10.8. The molecule has 152 valence electrons. The molecule has 5 rings (SSSR count). The fourth-order valence-corrected chi connectivity index (χ4v) is 3.78. The van der Waals surface area contributed by atoms with Crippen molar-refractivity contribution in [3.63, 3.8) is 0 Å². The van der Waals surface area contributed by atoms with Gasteiger partial charge in [-0.1, -0.05) is 13.8 Å². The van der Waals surface area contributed by atoms with Crippen LogP contribution in [0.4, 0.5) is 5.69 Å². The van der Waals surface area contributed by atoms with Crippen LogP contribution in [0.15, 0.2) is 29.3 Å². The summed E-state index contributed by atoms with van der Waals surface area (Å²) >= 11 is 3.40. The first-order valence-electron chi connectivity index (χ1n) is 9.99. The van der Waals surface area contributed by atoms with E-state index in [2.05, 4.69) is 37.0 Å². The predicted octanol–water partition coefficient (Wildman–Crippen LogP) is 3.55. The number of rotatable bonds is 4. The molecular weight excluding hydrogens is 434 g/mol. The van der Waals surface area contributed by atoms with Crippen molar-refractivity contribution in [2.24, 2.45) is 5.41 Å². The maximum atomic E-state index is 9.48. The number of nitriles is 1. The zero-order valence-electron chi connectivity index (χ0n) is 16.7. The number of fused-ring (bicyclic) bond motifs is 1. The van der Waals surface area contributed by atoms with E-state index < -0.39 is 0 Å². The zero-order chi connectivity index (χ0) is 20.4. The summed E-state index contributed by atoms with van der Waals surface area (Å²) in [5.41, 5.74) is 2.42. The van der Waals surface area contributed by atoms with Crippen molar-refractivity contribution in [3.05, 3.63) is 29.3 Å². The van der Waals surface area contributed by atoms with Gasteiger partial charge in [0.25, 0.3) is 0 Å². The largest absolute Gasteiger partial charge is 0.378 e. The SMILES string of the molecule is CC.N#CC1(Cn2cnc3c(N4CCOCC4)cc(-n4ccc(Br)n4)nc32)CC1. The fraction of sp³-hybridized carbons (Fsp3) is 0.500. The van der Waals surface area contributed by atoms with Gasteiger partial charge >= 0.3 is 0 Å². The number of ether oxygens (including phenoxy) is 1. The summed E-state index contributed by atoms with van der Waals surface area (Å²) in [6.45, 7) is 7.66. The van der Waals surface area contributed by atoms with Crippen LogP contribution in [0.1, 0.15) is 26.7 Å². The normalized spacial score (nSPS) is 17.5. The minimum atomic E-state index is -0.265. The van der Waals surface area contributed by atoms with Crippen molar-refractivity contribution in [2.75, 3.05) is 31.2 Å². The molecule has 1 saturated heterocycles. The molecule has 1 saturated carbocycles. The van der Waals surface area contributed by atoms with Crippen molar-refractivity contribution in [3.8, 4) is 11.9 Å². The first-order chi connectivity index (χ1) is 14.2. The summed E-state index contributed by atoms with van der Waals surface area (Å²) in [4.78, 5) is 11.8. The van der Waals surface area contributed by atoms with Crippen molar-refractivity contribution in [2.45, 2.75) is 33.2 Å². The lowest BCUT2D eigenvalue weighted by Crippen LogP contribution is -2.36. The van der Waals surface area contributed by atoms with E-state index in [0.717, 1.165) is 53.2 Å². The molecule has 2 aliphatic rings. The Labute approximate surface area is 178 Å². The number of nitrogens with zero attached hydrogens (tertiary/aromatic N) is 7. The third-order valence-electron chi connectivity index (χ3n) is 5.25. The summed E-state index contributed by atoms with van der Waals surface area (Å²) < 4.78 is 10.0. The Morgan fingerprint density at radius 3 is 2.66 bits per heavy atom. The third-order valence-corrected chi connectivity index (χ3v) is 5.67. The molecule has 3 aromatic heterocycles. The third kappa shape index (κ3) is 3.87. The van der Waals surface area contributed by atoms with Crippen molar-refractivity contribution < 1.29 is 4.74 Å². The molecule has 1 aliphatic heterocycles. The van der Waals surface area contributed by atoms with Crippen molar-refractivity contribution >= 4 is 32.8 Å². The molecule has 0 atom stereocenters. The van der Waals surface area contributed by atoms with Crippen LogP contribution < -0.4 is 4.90 Å². The second-order valence-electron chi connectivity index (χ2n) is 7.12. The monoisotopic (exact) mass is 457 g/mol. The highest BCUT2D eigenvalue weighted by molar-refractivity contribution is 9.10. The molecule has 2 fully saturated rings. The highest BCUT2D eigenvalue weighted by Gasteiger charge is 2.43. The summed E-state index contributed by atoms with van der Waals surface area (Å²) in [5.74, 6) is 0.734. The van der Waals surface area contributed by atoms with E-state index in [1.807, 2.05) is 43.1 Å². The van der Waals surface area contributed by atoms with Crippen LogP contribution in [0.5, 0.6) is 0 Å². The highest BCUT2D eigenvalue weighted by Crippen LogP contribution is 2.46. The van der Waals surface area contributed by atoms with Gasteiger partial charge in [-0.15, -0.1) is 0 Å². The van der Waals surface area contributed by atoms with Gasteiger partial charge in [0.15, 0.2) is 11.5 Å². The predicted molar refractivity (Wildman–Crippen MR) is 114 cm³/mol. The number of morpholine rings is 1. The highest BCUT2D eigenvalue weighted by atomic mass is 79.9. The molecule has 0 bridgehead atoms. The molecule has 0 radical (unpaired) electrons. The van der Waals surface area contributed by atoms with Crippen LogP contribution >= 0.6 is 15.9 Å². The fourth-order valence-electron chi connectivity index (χ4n) is 3.50. The van der Waals surface area contributed by atoms with Crippen molar-refractivity contribution in [1.82, 2.24) is 24.3 Å². The topological polar surface area (TPSA) is 84.8 Å². The molecule has 0 spiro atoms. The summed E-state index contributed by atoms with van der Waals surface area (Å²) in [6.07, 6.45) is 5.55. The lowest BCUT2D eigenvalue weighted by Gasteiger charge is -2.29. The van der Waals surface area contributed by atoms with E-state index in [0.29, 0.717) is 19.8 Å². The second-order valence-corrected chi connectivity index (χ2v) is 7.93. The number of pyridine rings is 1. The molecule has 0 N–H and O–H groups in total. The minimum Gasteiger partial charge on any atom is -0.378 e. The quantitative estimate of drug-likeness (QED) is 0.595. The molecule has 29 heavy (non-hydrogen) atoms. The molecule has 1 aliphatic carbocycles. The van der Waals surface area contributed by atoms with E-state index in [-0.39, 0.29) is 5.41 Å². The van der Waals surface area contributed by atoms with E-state index in [9.17, 15) is 5.26 Å². The Bertz CT molecular complexity index is 1040. The Kier molecular flexibility index (Phi) is 5.56. The van der Waals surface area contributed by atoms with Crippen LogP contribution in [0.2, 0.25) is 0 Å². The summed E-state index contributed by atoms with van der Waals surface area (Å²) in [5, 5.41) is 13.9. The van der Waals surface area contributed by atoms with Gasteiger partial charge in [-0.2, -0.15) is 10.4 Å². The van der Waals surface area contributed by atoms with Gasteiger partial charge in [0.1, 0.15) is 10.1 Å². The van der Waals surface area contributed by atoms with Crippen molar-refractivity contribution in [1.29, 1.82) is 5.26 Å². The number of imidazole rings is 1. The molecule has 0 amide bonds. The number of aromatic nitrogens is 5. The van der Waals surface area contributed by atoms with Gasteiger partial charge in [0.05, 0.1) is 36.7 Å². The Hall–Kier alpha value is -2.44. The number of anilines is 1. The van der Waals surface area contributed by atoms with Gasteiger partial charge in [-0.3, -0.25) is 0 Å². The minimum absolute atomic E-state index is 0.265. The number of halogens is 1. The van der Waals surface area contributed by atoms with Gasteiger partial charge in [0.2, 0.25) is 0 Å². The number of hydrogen-bond donors (Lipinski definition) is 0. The maximum Gasteiger partial charge on any atom is 0.164 e. The lowest BCUT2D eigenvalue weighted by molar-refractivity contribution is 0.123. The molecule has 8 nitrogen and oxygen atoms in total. The molecule has 0 unspecified atom stereocenters. The average Bonchev–Trinajstić information content (AvgIpc) is 3.23. The lowest BCUT2D eigenvalue weighted by atomic mass is 10.1. The molecule has 0 aromatic carbocycles. The molecule has 3 aromatic rings. The van der Waals surface area contributed by atoms with E-state index in [1.165, 1.54) is 0 Å². The Balaban J connectivity index is 0.000000994. The summed E-state index contributed by atoms with van der Waals surface area (Å²) in [7, 11) is 0. The average molecular weight is 458 g/mol. The van der Waals surface area contributed by atoms with Crippen LogP contribution in [0, 0.1) is 16.7 Å².